The molecular formula is C9H16Cl. The van der Waals surface area contributed by atoms with Gasteiger partial charge in [0.2, 0.25) is 0 Å². The van der Waals surface area contributed by atoms with Crippen molar-refractivity contribution < 1.29 is 0 Å². The lowest BCUT2D eigenvalue weighted by molar-refractivity contribution is 0.344. The van der Waals surface area contributed by atoms with Crippen molar-refractivity contribution >= 4 is 11.6 Å². The van der Waals surface area contributed by atoms with Gasteiger partial charge in [0.05, 0.1) is 0 Å². The third-order valence-electron chi connectivity index (χ3n) is 2.39. The standard InChI is InChI=1S/C9H16Cl/c1-2-3-8-4-6-9(10)7-5-8/h8-9H,1-7H2. The van der Waals surface area contributed by atoms with Crippen LogP contribution in [0, 0.1) is 12.8 Å². The van der Waals surface area contributed by atoms with Gasteiger partial charge in [-0.25, -0.2) is 0 Å². The zero-order valence-corrected chi connectivity index (χ0v) is 7.24. The van der Waals surface area contributed by atoms with E-state index in [1.54, 1.807) is 0 Å². The van der Waals surface area contributed by atoms with Crippen molar-refractivity contribution in [3.05, 3.63) is 6.92 Å². The van der Waals surface area contributed by atoms with Gasteiger partial charge in [0.25, 0.3) is 0 Å². The molecule has 1 aliphatic rings. The summed E-state index contributed by atoms with van der Waals surface area (Å²) in [7, 11) is 0. The van der Waals surface area contributed by atoms with E-state index >= 15 is 0 Å². The van der Waals surface area contributed by atoms with Crippen LogP contribution in [-0.4, -0.2) is 5.38 Å². The zero-order valence-electron chi connectivity index (χ0n) is 6.48. The fraction of sp³-hybridized carbons (Fsp3) is 0.889. The van der Waals surface area contributed by atoms with Gasteiger partial charge in [0, 0.05) is 5.38 Å². The molecule has 0 amide bonds. The highest BCUT2D eigenvalue weighted by Gasteiger charge is 2.17. The number of halogens is 1. The summed E-state index contributed by atoms with van der Waals surface area (Å²) in [5.74, 6) is 0.937. The SMILES string of the molecule is [CH2]CCC1CCC(Cl)CC1. The molecule has 0 bridgehead atoms. The summed E-state index contributed by atoms with van der Waals surface area (Å²) >= 11 is 5.97. The Labute approximate surface area is 69.0 Å². The molecule has 1 fully saturated rings. The van der Waals surface area contributed by atoms with Gasteiger partial charge in [-0.1, -0.05) is 19.8 Å². The van der Waals surface area contributed by atoms with E-state index in [1.165, 1.54) is 32.1 Å². The first-order valence-corrected chi connectivity index (χ1v) is 4.70. The minimum absolute atomic E-state index is 0.473. The quantitative estimate of drug-likeness (QED) is 0.542. The lowest BCUT2D eigenvalue weighted by Gasteiger charge is -2.24. The van der Waals surface area contributed by atoms with Crippen LogP contribution in [0.4, 0.5) is 0 Å². The molecule has 0 N–H and O–H groups in total. The first kappa shape index (κ1) is 8.39. The molecule has 1 saturated carbocycles. The van der Waals surface area contributed by atoms with Gasteiger partial charge in [-0.15, -0.1) is 11.6 Å². The van der Waals surface area contributed by atoms with Gasteiger partial charge in [-0.3, -0.25) is 0 Å². The Morgan fingerprint density at radius 3 is 2.30 bits per heavy atom. The monoisotopic (exact) mass is 159 g/mol. The fourth-order valence-electron chi connectivity index (χ4n) is 1.70. The maximum absolute atomic E-state index is 5.97. The lowest BCUT2D eigenvalue weighted by Crippen LogP contribution is -2.13. The van der Waals surface area contributed by atoms with E-state index in [0.29, 0.717) is 5.38 Å². The summed E-state index contributed by atoms with van der Waals surface area (Å²) in [5.41, 5.74) is 0. The minimum Gasteiger partial charge on any atom is -0.123 e. The maximum atomic E-state index is 5.97. The summed E-state index contributed by atoms with van der Waals surface area (Å²) < 4.78 is 0. The Hall–Kier alpha value is 0.290. The van der Waals surface area contributed by atoms with Gasteiger partial charge in [0.15, 0.2) is 0 Å². The minimum atomic E-state index is 0.473. The molecule has 59 valence electrons. The molecule has 0 nitrogen and oxygen atoms in total. The average Bonchev–Trinajstić information content (AvgIpc) is 1.95. The molecule has 1 aliphatic carbocycles. The molecule has 0 aromatic carbocycles. The topological polar surface area (TPSA) is 0 Å². The van der Waals surface area contributed by atoms with Gasteiger partial charge in [-0.2, -0.15) is 0 Å². The molecule has 0 aromatic heterocycles. The first-order valence-electron chi connectivity index (χ1n) is 4.26. The number of alkyl halides is 1. The second kappa shape index (κ2) is 4.23. The van der Waals surface area contributed by atoms with Crippen molar-refractivity contribution in [1.82, 2.24) is 0 Å². The highest BCUT2D eigenvalue weighted by atomic mass is 35.5. The van der Waals surface area contributed by atoms with E-state index in [1.807, 2.05) is 0 Å². The van der Waals surface area contributed by atoms with Crippen LogP contribution in [0.25, 0.3) is 0 Å². The largest absolute Gasteiger partial charge is 0.123 e. The Balaban J connectivity index is 2.13. The third kappa shape index (κ3) is 2.49. The van der Waals surface area contributed by atoms with Gasteiger partial charge >= 0.3 is 0 Å². The van der Waals surface area contributed by atoms with E-state index in [4.69, 9.17) is 11.6 Å². The smallest absolute Gasteiger partial charge is 0.0336 e. The predicted octanol–water partition coefficient (Wildman–Crippen LogP) is 3.40. The molecule has 0 saturated heterocycles. The van der Waals surface area contributed by atoms with Crippen LogP contribution < -0.4 is 0 Å². The summed E-state index contributed by atoms with van der Waals surface area (Å²) in [5, 5.41) is 0.473. The third-order valence-corrected chi connectivity index (χ3v) is 2.83. The number of hydrogen-bond acceptors (Lipinski definition) is 0. The normalized spacial score (nSPS) is 34.2. The Bertz CT molecular complexity index is 82.7. The Morgan fingerprint density at radius 1 is 1.20 bits per heavy atom. The van der Waals surface area contributed by atoms with Crippen LogP contribution in [0.15, 0.2) is 0 Å². The van der Waals surface area contributed by atoms with Crippen LogP contribution in [0.1, 0.15) is 38.5 Å². The molecule has 0 aliphatic heterocycles. The summed E-state index contributed by atoms with van der Waals surface area (Å²) in [6, 6.07) is 0. The van der Waals surface area contributed by atoms with E-state index in [-0.39, 0.29) is 0 Å². The van der Waals surface area contributed by atoms with Gasteiger partial charge in [-0.05, 0) is 31.6 Å². The van der Waals surface area contributed by atoms with E-state index < -0.39 is 0 Å². The van der Waals surface area contributed by atoms with Crippen LogP contribution in [-0.2, 0) is 0 Å². The first-order chi connectivity index (χ1) is 4.83. The maximum Gasteiger partial charge on any atom is 0.0336 e. The number of rotatable bonds is 2. The van der Waals surface area contributed by atoms with Crippen LogP contribution in [0.5, 0.6) is 0 Å². The lowest BCUT2D eigenvalue weighted by atomic mass is 9.86. The van der Waals surface area contributed by atoms with Crippen molar-refractivity contribution in [2.75, 3.05) is 0 Å². The zero-order chi connectivity index (χ0) is 7.40. The molecule has 0 aromatic rings. The molecule has 1 radical (unpaired) electrons. The summed E-state index contributed by atoms with van der Waals surface area (Å²) in [6.45, 7) is 3.87. The molecule has 1 heteroatoms. The van der Waals surface area contributed by atoms with Crippen LogP contribution in [0.3, 0.4) is 0 Å². The average molecular weight is 160 g/mol. The second-order valence-corrected chi connectivity index (χ2v) is 3.88. The predicted molar refractivity (Wildman–Crippen MR) is 46.2 cm³/mol. The Kier molecular flexibility index (Phi) is 3.55. The van der Waals surface area contributed by atoms with Gasteiger partial charge in [0.1, 0.15) is 0 Å². The van der Waals surface area contributed by atoms with Crippen LogP contribution in [0.2, 0.25) is 0 Å². The van der Waals surface area contributed by atoms with Crippen LogP contribution >= 0.6 is 11.6 Å². The molecule has 1 rings (SSSR count). The molecular weight excluding hydrogens is 144 g/mol. The highest BCUT2D eigenvalue weighted by molar-refractivity contribution is 6.20. The molecule has 10 heavy (non-hydrogen) atoms. The highest BCUT2D eigenvalue weighted by Crippen LogP contribution is 2.29. The molecule has 0 heterocycles. The second-order valence-electron chi connectivity index (χ2n) is 3.26. The number of hydrogen-bond donors (Lipinski definition) is 0. The van der Waals surface area contributed by atoms with E-state index in [0.717, 1.165) is 12.3 Å². The van der Waals surface area contributed by atoms with E-state index in [9.17, 15) is 0 Å². The summed E-state index contributed by atoms with van der Waals surface area (Å²) in [6.07, 6.45) is 7.53. The summed E-state index contributed by atoms with van der Waals surface area (Å²) in [4.78, 5) is 0. The van der Waals surface area contributed by atoms with Crippen molar-refractivity contribution in [3.63, 3.8) is 0 Å². The van der Waals surface area contributed by atoms with Crippen molar-refractivity contribution in [1.29, 1.82) is 0 Å². The fourth-order valence-corrected chi connectivity index (χ4v) is 1.95. The van der Waals surface area contributed by atoms with Crippen molar-refractivity contribution in [2.45, 2.75) is 43.9 Å². The van der Waals surface area contributed by atoms with Crippen molar-refractivity contribution in [3.8, 4) is 0 Å². The van der Waals surface area contributed by atoms with E-state index in [2.05, 4.69) is 6.92 Å². The van der Waals surface area contributed by atoms with Gasteiger partial charge < -0.3 is 0 Å². The molecule has 0 unspecified atom stereocenters. The Morgan fingerprint density at radius 2 is 1.80 bits per heavy atom. The molecule has 0 spiro atoms. The molecule has 0 atom stereocenters. The van der Waals surface area contributed by atoms with Crippen molar-refractivity contribution in [2.24, 2.45) is 5.92 Å².